The van der Waals surface area contributed by atoms with E-state index >= 15 is 0 Å². The second-order valence-corrected chi connectivity index (χ2v) is 6.26. The summed E-state index contributed by atoms with van der Waals surface area (Å²) in [6, 6.07) is 16.4. The second-order valence-electron chi connectivity index (χ2n) is 5.82. The quantitative estimate of drug-likeness (QED) is 0.707. The van der Waals surface area contributed by atoms with Crippen molar-refractivity contribution in [2.75, 3.05) is 29.6 Å². The number of carbonyl (C=O) groups excluding carboxylic acids is 1. The first kappa shape index (κ1) is 17.7. The Labute approximate surface area is 156 Å². The summed E-state index contributed by atoms with van der Waals surface area (Å²) in [6.45, 7) is 0. The maximum absolute atomic E-state index is 12.4. The van der Waals surface area contributed by atoms with Gasteiger partial charge in [-0.15, -0.1) is 0 Å². The van der Waals surface area contributed by atoms with E-state index in [1.165, 1.54) is 6.33 Å². The number of hydrogen-bond donors (Lipinski definition) is 2. The van der Waals surface area contributed by atoms with Crippen molar-refractivity contribution in [3.05, 3.63) is 71.6 Å². The lowest BCUT2D eigenvalue weighted by atomic mass is 10.2. The fourth-order valence-corrected chi connectivity index (χ4v) is 2.49. The summed E-state index contributed by atoms with van der Waals surface area (Å²) >= 11 is 5.97. The van der Waals surface area contributed by atoms with Crippen molar-refractivity contribution in [1.82, 2.24) is 9.97 Å². The molecule has 3 rings (SSSR count). The fraction of sp³-hybridized carbons (Fsp3) is 0.105. The molecule has 3 aromatic rings. The summed E-state index contributed by atoms with van der Waals surface area (Å²) in [7, 11) is 3.92. The molecule has 0 saturated heterocycles. The number of nitrogens with one attached hydrogen (secondary N) is 2. The minimum atomic E-state index is -0.306. The molecule has 1 aromatic heterocycles. The highest BCUT2D eigenvalue weighted by Gasteiger charge is 2.10. The molecule has 0 aliphatic heterocycles. The van der Waals surface area contributed by atoms with Gasteiger partial charge in [-0.05, 0) is 42.5 Å². The van der Waals surface area contributed by atoms with Gasteiger partial charge in [0, 0.05) is 42.2 Å². The number of carbonyl (C=O) groups is 1. The highest BCUT2D eigenvalue weighted by atomic mass is 35.5. The van der Waals surface area contributed by atoms with Gasteiger partial charge in [0.1, 0.15) is 17.8 Å². The fourth-order valence-electron chi connectivity index (χ4n) is 2.30. The number of halogens is 1. The van der Waals surface area contributed by atoms with Crippen LogP contribution in [-0.4, -0.2) is 30.0 Å². The Morgan fingerprint density at radius 2 is 1.77 bits per heavy atom. The summed E-state index contributed by atoms with van der Waals surface area (Å²) in [5.74, 6) is 0.203. The Morgan fingerprint density at radius 1 is 1.00 bits per heavy atom. The lowest BCUT2D eigenvalue weighted by molar-refractivity contribution is 0.102. The zero-order chi connectivity index (χ0) is 18.5. The minimum Gasteiger partial charge on any atom is -0.378 e. The molecule has 0 aliphatic carbocycles. The molecule has 0 fully saturated rings. The van der Waals surface area contributed by atoms with E-state index in [-0.39, 0.29) is 11.6 Å². The average molecular weight is 368 g/mol. The summed E-state index contributed by atoms with van der Waals surface area (Å²) in [5, 5.41) is 6.54. The molecule has 0 radical (unpaired) electrons. The van der Waals surface area contributed by atoms with Crippen molar-refractivity contribution >= 4 is 40.4 Å². The Kier molecular flexibility index (Phi) is 5.34. The van der Waals surface area contributed by atoms with Crippen LogP contribution in [0.25, 0.3) is 0 Å². The summed E-state index contributed by atoms with van der Waals surface area (Å²) in [5.41, 5.74) is 2.80. The average Bonchev–Trinajstić information content (AvgIpc) is 2.62. The van der Waals surface area contributed by atoms with Gasteiger partial charge in [-0.3, -0.25) is 4.79 Å². The third-order valence-electron chi connectivity index (χ3n) is 3.64. The molecule has 132 valence electrons. The minimum absolute atomic E-state index is 0.265. The number of amides is 1. The Morgan fingerprint density at radius 3 is 2.46 bits per heavy atom. The maximum atomic E-state index is 12.4. The van der Waals surface area contributed by atoms with Crippen LogP contribution in [0.4, 0.5) is 22.9 Å². The van der Waals surface area contributed by atoms with Gasteiger partial charge >= 0.3 is 0 Å². The predicted molar refractivity (Wildman–Crippen MR) is 105 cm³/mol. The van der Waals surface area contributed by atoms with Gasteiger partial charge < -0.3 is 15.5 Å². The van der Waals surface area contributed by atoms with Gasteiger partial charge in [-0.1, -0.05) is 17.7 Å². The first-order valence-corrected chi connectivity index (χ1v) is 8.32. The molecular weight excluding hydrogens is 350 g/mol. The van der Waals surface area contributed by atoms with Gasteiger partial charge in [0.15, 0.2) is 0 Å². The van der Waals surface area contributed by atoms with Crippen LogP contribution in [0.2, 0.25) is 5.02 Å². The molecule has 1 amide bonds. The molecular formula is C19H18ClN5O. The summed E-state index contributed by atoms with van der Waals surface area (Å²) in [4.78, 5) is 22.6. The van der Waals surface area contributed by atoms with Gasteiger partial charge in [-0.25, -0.2) is 9.97 Å². The van der Waals surface area contributed by atoms with Gasteiger partial charge in [0.2, 0.25) is 0 Å². The molecule has 7 heteroatoms. The largest absolute Gasteiger partial charge is 0.378 e. The number of nitrogens with zero attached hydrogens (tertiary/aromatic N) is 3. The molecule has 2 N–H and O–H groups in total. The standard InChI is InChI=1S/C19H18ClN5O/c1-25(2)16-8-6-14(7-9-16)24-19(26)17-11-18(22-12-21-17)23-15-5-3-4-13(20)10-15/h3-12H,1-2H3,(H,24,26)(H,21,22,23). The summed E-state index contributed by atoms with van der Waals surface area (Å²) in [6.07, 6.45) is 1.34. The van der Waals surface area contributed by atoms with Crippen LogP contribution >= 0.6 is 11.6 Å². The molecule has 0 saturated carbocycles. The monoisotopic (exact) mass is 367 g/mol. The van der Waals surface area contributed by atoms with E-state index in [1.807, 2.05) is 55.4 Å². The third-order valence-corrected chi connectivity index (χ3v) is 3.87. The molecule has 1 heterocycles. The van der Waals surface area contributed by atoms with E-state index in [1.54, 1.807) is 18.2 Å². The number of anilines is 4. The number of rotatable bonds is 5. The SMILES string of the molecule is CN(C)c1ccc(NC(=O)c2cc(Nc3cccc(Cl)c3)ncn2)cc1. The molecule has 0 spiro atoms. The Bertz CT molecular complexity index is 912. The topological polar surface area (TPSA) is 70.2 Å². The van der Waals surface area contributed by atoms with Crippen LogP contribution in [0.3, 0.4) is 0 Å². The number of aromatic nitrogens is 2. The normalized spacial score (nSPS) is 10.3. The highest BCUT2D eigenvalue weighted by Crippen LogP contribution is 2.20. The van der Waals surface area contributed by atoms with Gasteiger partial charge in [0.05, 0.1) is 0 Å². The lowest BCUT2D eigenvalue weighted by Crippen LogP contribution is -2.14. The molecule has 0 atom stereocenters. The highest BCUT2D eigenvalue weighted by molar-refractivity contribution is 6.30. The predicted octanol–water partition coefficient (Wildman–Crippen LogP) is 4.19. The van der Waals surface area contributed by atoms with Gasteiger partial charge in [-0.2, -0.15) is 0 Å². The van der Waals surface area contributed by atoms with Crippen molar-refractivity contribution in [2.24, 2.45) is 0 Å². The van der Waals surface area contributed by atoms with Crippen molar-refractivity contribution in [1.29, 1.82) is 0 Å². The number of hydrogen-bond acceptors (Lipinski definition) is 5. The van der Waals surface area contributed by atoms with E-state index in [0.29, 0.717) is 16.5 Å². The van der Waals surface area contributed by atoms with Crippen LogP contribution in [0, 0.1) is 0 Å². The van der Waals surface area contributed by atoms with Gasteiger partial charge in [0.25, 0.3) is 5.91 Å². The van der Waals surface area contributed by atoms with E-state index in [0.717, 1.165) is 11.4 Å². The zero-order valence-corrected chi connectivity index (χ0v) is 15.2. The van der Waals surface area contributed by atoms with Crippen LogP contribution in [0.15, 0.2) is 60.9 Å². The molecule has 6 nitrogen and oxygen atoms in total. The van der Waals surface area contributed by atoms with E-state index < -0.39 is 0 Å². The second kappa shape index (κ2) is 7.84. The Hall–Kier alpha value is -3.12. The van der Waals surface area contributed by atoms with E-state index in [9.17, 15) is 4.79 Å². The molecule has 2 aromatic carbocycles. The van der Waals surface area contributed by atoms with E-state index in [2.05, 4.69) is 20.6 Å². The molecule has 0 bridgehead atoms. The molecule has 0 unspecified atom stereocenters. The van der Waals surface area contributed by atoms with Crippen molar-refractivity contribution in [3.63, 3.8) is 0 Å². The third kappa shape index (κ3) is 4.49. The van der Waals surface area contributed by atoms with Crippen LogP contribution < -0.4 is 15.5 Å². The lowest BCUT2D eigenvalue weighted by Gasteiger charge is -2.13. The first-order chi connectivity index (χ1) is 12.5. The first-order valence-electron chi connectivity index (χ1n) is 7.94. The zero-order valence-electron chi connectivity index (χ0n) is 14.4. The van der Waals surface area contributed by atoms with Crippen molar-refractivity contribution < 1.29 is 4.79 Å². The van der Waals surface area contributed by atoms with Crippen molar-refractivity contribution in [2.45, 2.75) is 0 Å². The number of benzene rings is 2. The van der Waals surface area contributed by atoms with E-state index in [4.69, 9.17) is 11.6 Å². The van der Waals surface area contributed by atoms with Crippen LogP contribution in [-0.2, 0) is 0 Å². The van der Waals surface area contributed by atoms with Crippen molar-refractivity contribution in [3.8, 4) is 0 Å². The van der Waals surface area contributed by atoms with Crippen LogP contribution in [0.1, 0.15) is 10.5 Å². The molecule has 26 heavy (non-hydrogen) atoms. The summed E-state index contributed by atoms with van der Waals surface area (Å²) < 4.78 is 0. The molecule has 0 aliphatic rings. The van der Waals surface area contributed by atoms with Crippen LogP contribution in [0.5, 0.6) is 0 Å². The maximum Gasteiger partial charge on any atom is 0.274 e. The smallest absolute Gasteiger partial charge is 0.274 e. The Balaban J connectivity index is 1.71.